The first-order chi connectivity index (χ1) is 14.3. The fourth-order valence-electron chi connectivity index (χ4n) is 3.69. The summed E-state index contributed by atoms with van der Waals surface area (Å²) in [5.41, 5.74) is 2.11. The zero-order valence-corrected chi connectivity index (χ0v) is 18.1. The van der Waals surface area contributed by atoms with Gasteiger partial charge in [-0.25, -0.2) is 23.5 Å². The molecule has 1 fully saturated rings. The molecule has 4 rings (SSSR count). The zero-order valence-electron chi connectivity index (χ0n) is 16.5. The number of thiophene rings is 1. The topological polar surface area (TPSA) is 106 Å². The van der Waals surface area contributed by atoms with Crippen LogP contribution in [0.25, 0.3) is 10.6 Å². The van der Waals surface area contributed by atoms with Crippen molar-refractivity contribution in [3.05, 3.63) is 64.9 Å². The molecule has 1 aliphatic heterocycles. The third-order valence-electron chi connectivity index (χ3n) is 5.13. The molecule has 3 heterocycles. The van der Waals surface area contributed by atoms with Gasteiger partial charge in [0.15, 0.2) is 0 Å². The van der Waals surface area contributed by atoms with Gasteiger partial charge in [-0.1, -0.05) is 12.1 Å². The summed E-state index contributed by atoms with van der Waals surface area (Å²) < 4.78 is 23.2. The predicted octanol–water partition coefficient (Wildman–Crippen LogP) is 3.18. The lowest BCUT2D eigenvalue weighted by atomic mass is 9.96. The third kappa shape index (κ3) is 4.43. The summed E-state index contributed by atoms with van der Waals surface area (Å²) in [5.74, 6) is 0.563. The number of hydrogen-bond donors (Lipinski definition) is 1. The van der Waals surface area contributed by atoms with E-state index in [1.165, 1.54) is 18.2 Å². The third-order valence-corrected chi connectivity index (χ3v) is 6.93. The second kappa shape index (κ2) is 8.25. The highest BCUT2D eigenvalue weighted by molar-refractivity contribution is 7.89. The van der Waals surface area contributed by atoms with E-state index in [0.29, 0.717) is 18.7 Å². The van der Waals surface area contributed by atoms with Crippen LogP contribution >= 0.6 is 11.3 Å². The lowest BCUT2D eigenvalue weighted by Crippen LogP contribution is -2.39. The molecule has 7 nitrogen and oxygen atoms in total. The Labute approximate surface area is 179 Å². The predicted molar refractivity (Wildman–Crippen MR) is 116 cm³/mol. The van der Waals surface area contributed by atoms with E-state index < -0.39 is 10.0 Å². The number of hydrogen-bond acceptors (Lipinski definition) is 6. The lowest BCUT2D eigenvalue weighted by molar-refractivity contribution is 0.0704. The van der Waals surface area contributed by atoms with Crippen LogP contribution in [0.4, 0.5) is 0 Å². The molecule has 1 aromatic carbocycles. The normalized spacial score (nSPS) is 17.1. The summed E-state index contributed by atoms with van der Waals surface area (Å²) in [6, 6.07) is 11.9. The van der Waals surface area contributed by atoms with E-state index in [2.05, 4.69) is 4.98 Å². The van der Waals surface area contributed by atoms with Gasteiger partial charge >= 0.3 is 0 Å². The first-order valence-electron chi connectivity index (χ1n) is 9.63. The van der Waals surface area contributed by atoms with Crippen molar-refractivity contribution < 1.29 is 13.2 Å². The Balaban J connectivity index is 1.58. The van der Waals surface area contributed by atoms with Crippen LogP contribution in [-0.2, 0) is 10.0 Å². The Bertz CT molecular complexity index is 1180. The summed E-state index contributed by atoms with van der Waals surface area (Å²) in [5, 5.41) is 7.22. The zero-order chi connectivity index (χ0) is 21.3. The van der Waals surface area contributed by atoms with Gasteiger partial charge in [0.05, 0.1) is 15.5 Å². The van der Waals surface area contributed by atoms with Gasteiger partial charge in [0.25, 0.3) is 5.91 Å². The second-order valence-corrected chi connectivity index (χ2v) is 9.90. The van der Waals surface area contributed by atoms with Crippen LogP contribution in [0.1, 0.15) is 40.6 Å². The molecule has 1 aliphatic rings. The molecule has 0 saturated carbocycles. The number of primary sulfonamides is 1. The highest BCUT2D eigenvalue weighted by Gasteiger charge is 2.28. The Kier molecular flexibility index (Phi) is 5.68. The number of aromatic nitrogens is 2. The monoisotopic (exact) mass is 442 g/mol. The maximum Gasteiger partial charge on any atom is 0.253 e. The first kappa shape index (κ1) is 20.6. The van der Waals surface area contributed by atoms with Crippen LogP contribution in [0.15, 0.2) is 52.7 Å². The first-order valence-corrected chi connectivity index (χ1v) is 12.1. The maximum absolute atomic E-state index is 13.0. The van der Waals surface area contributed by atoms with Crippen molar-refractivity contribution in [2.75, 3.05) is 13.1 Å². The summed E-state index contributed by atoms with van der Waals surface area (Å²) >= 11 is 1.63. The van der Waals surface area contributed by atoms with Crippen LogP contribution in [0.2, 0.25) is 0 Å². The summed E-state index contributed by atoms with van der Waals surface area (Å²) in [6.45, 7) is 3.05. The minimum atomic E-state index is -3.86. The van der Waals surface area contributed by atoms with Gasteiger partial charge in [-0.3, -0.25) is 4.79 Å². The quantitative estimate of drug-likeness (QED) is 0.668. The number of nitrogens with two attached hydrogens (primary N) is 1. The van der Waals surface area contributed by atoms with E-state index in [0.717, 1.165) is 34.9 Å². The molecule has 30 heavy (non-hydrogen) atoms. The van der Waals surface area contributed by atoms with Crippen LogP contribution in [-0.4, -0.2) is 42.3 Å². The fraction of sp³-hybridized carbons (Fsp3) is 0.286. The van der Waals surface area contributed by atoms with Gasteiger partial charge in [0.2, 0.25) is 10.0 Å². The number of nitrogens with zero attached hydrogens (tertiary/aromatic N) is 3. The fourth-order valence-corrected chi connectivity index (χ4v) is 4.93. The van der Waals surface area contributed by atoms with Crippen LogP contribution < -0.4 is 5.14 Å². The molecule has 0 spiro atoms. The number of sulfonamides is 1. The standard InChI is InChI=1S/C21H22N4O3S2/c1-14-11-18(19-8-4-10-29-19)24-20(23-14)16-6-3-9-25(13-16)21(26)15-5-2-7-17(12-15)30(22,27)28/h2,4-5,7-8,10-12,16H,3,6,9,13H2,1H3,(H2,22,27,28)/t16-/m0/s1. The minimum absolute atomic E-state index is 0.0303. The van der Waals surface area contributed by atoms with E-state index in [-0.39, 0.29) is 16.7 Å². The SMILES string of the molecule is Cc1cc(-c2cccs2)nc([C@H]2CCCN(C(=O)c3cccc(S(N)(=O)=O)c3)C2)n1. The Morgan fingerprint density at radius 2 is 2.03 bits per heavy atom. The summed E-state index contributed by atoms with van der Waals surface area (Å²) in [7, 11) is -3.86. The minimum Gasteiger partial charge on any atom is -0.338 e. The molecule has 2 aromatic heterocycles. The molecular formula is C21H22N4O3S2. The summed E-state index contributed by atoms with van der Waals surface area (Å²) in [4.78, 5) is 25.2. The number of likely N-dealkylation sites (tertiary alicyclic amines) is 1. The highest BCUT2D eigenvalue weighted by atomic mass is 32.2. The molecule has 0 aliphatic carbocycles. The van der Waals surface area contributed by atoms with E-state index in [1.807, 2.05) is 30.5 Å². The molecule has 3 aromatic rings. The molecule has 0 bridgehead atoms. The molecular weight excluding hydrogens is 420 g/mol. The average molecular weight is 443 g/mol. The van der Waals surface area contributed by atoms with E-state index >= 15 is 0 Å². The number of amides is 1. The van der Waals surface area contributed by atoms with Gasteiger partial charge in [0, 0.05) is 30.3 Å². The molecule has 2 N–H and O–H groups in total. The van der Waals surface area contributed by atoms with Crippen molar-refractivity contribution in [2.45, 2.75) is 30.6 Å². The molecule has 1 atom stereocenters. The second-order valence-electron chi connectivity index (χ2n) is 7.39. The molecule has 0 radical (unpaired) electrons. The number of rotatable bonds is 4. The molecule has 1 saturated heterocycles. The van der Waals surface area contributed by atoms with Gasteiger partial charge in [-0.15, -0.1) is 11.3 Å². The van der Waals surface area contributed by atoms with Gasteiger partial charge in [0.1, 0.15) is 5.82 Å². The van der Waals surface area contributed by atoms with E-state index in [4.69, 9.17) is 10.1 Å². The van der Waals surface area contributed by atoms with Crippen molar-refractivity contribution in [1.82, 2.24) is 14.9 Å². The number of benzene rings is 1. The van der Waals surface area contributed by atoms with Crippen molar-refractivity contribution in [1.29, 1.82) is 0 Å². The average Bonchev–Trinajstić information content (AvgIpc) is 3.27. The maximum atomic E-state index is 13.0. The van der Waals surface area contributed by atoms with E-state index in [1.54, 1.807) is 22.3 Å². The Morgan fingerprint density at radius 3 is 2.77 bits per heavy atom. The van der Waals surface area contributed by atoms with E-state index in [9.17, 15) is 13.2 Å². The van der Waals surface area contributed by atoms with Crippen molar-refractivity contribution >= 4 is 27.3 Å². The number of aryl methyl sites for hydroxylation is 1. The van der Waals surface area contributed by atoms with Crippen molar-refractivity contribution in [2.24, 2.45) is 5.14 Å². The molecule has 0 unspecified atom stereocenters. The number of piperidine rings is 1. The number of carbonyl (C=O) groups excluding carboxylic acids is 1. The molecule has 9 heteroatoms. The molecule has 1 amide bonds. The lowest BCUT2D eigenvalue weighted by Gasteiger charge is -2.32. The van der Waals surface area contributed by atoms with Crippen molar-refractivity contribution in [3.8, 4) is 10.6 Å². The largest absolute Gasteiger partial charge is 0.338 e. The van der Waals surface area contributed by atoms with Gasteiger partial charge in [-0.05, 0) is 55.5 Å². The van der Waals surface area contributed by atoms with Crippen molar-refractivity contribution in [3.63, 3.8) is 0 Å². The smallest absolute Gasteiger partial charge is 0.253 e. The summed E-state index contributed by atoms with van der Waals surface area (Å²) in [6.07, 6.45) is 1.73. The highest BCUT2D eigenvalue weighted by Crippen LogP contribution is 2.29. The number of carbonyl (C=O) groups is 1. The van der Waals surface area contributed by atoms with Crippen LogP contribution in [0, 0.1) is 6.92 Å². The van der Waals surface area contributed by atoms with Gasteiger partial charge in [-0.2, -0.15) is 0 Å². The van der Waals surface area contributed by atoms with Crippen LogP contribution in [0.3, 0.4) is 0 Å². The van der Waals surface area contributed by atoms with Crippen LogP contribution in [0.5, 0.6) is 0 Å². The Hall–Kier alpha value is -2.62. The van der Waals surface area contributed by atoms with Gasteiger partial charge < -0.3 is 4.90 Å². The molecule has 156 valence electrons. The Morgan fingerprint density at radius 1 is 1.20 bits per heavy atom.